The first-order valence-electron chi connectivity index (χ1n) is 48.0. The minimum Gasteiger partial charge on any atom is -0.491 e. The van der Waals surface area contributed by atoms with Gasteiger partial charge in [0.05, 0.1) is 49.5 Å². The number of aryl methyl sites for hydroxylation is 4. The van der Waals surface area contributed by atoms with E-state index in [9.17, 15) is 38.4 Å². The summed E-state index contributed by atoms with van der Waals surface area (Å²) in [6.07, 6.45) is 4.26. The van der Waals surface area contributed by atoms with Gasteiger partial charge in [-0.2, -0.15) is 0 Å². The van der Waals surface area contributed by atoms with Crippen molar-refractivity contribution >= 4 is 185 Å². The summed E-state index contributed by atoms with van der Waals surface area (Å²) in [6, 6.07) is 41.2. The van der Waals surface area contributed by atoms with Crippen molar-refractivity contribution in [2.45, 2.75) is 259 Å². The highest BCUT2D eigenvalue weighted by Gasteiger charge is 2.57. The lowest BCUT2D eigenvalue weighted by Gasteiger charge is -2.29. The highest BCUT2D eigenvalue weighted by molar-refractivity contribution is 7.81. The van der Waals surface area contributed by atoms with Gasteiger partial charge in [-0.3, -0.25) is 43.6 Å². The Morgan fingerprint density at radius 1 is 0.345 bits per heavy atom. The number of hydrogen-bond acceptors (Lipinski definition) is 20. The number of hydrogen-bond donors (Lipinski definition) is 3. The maximum absolute atomic E-state index is 15.2. The number of nitrogens with one attached hydrogen (secondary N) is 3. The van der Waals surface area contributed by atoms with Gasteiger partial charge in [-0.1, -0.05) is 24.3 Å². The molecule has 0 bridgehead atoms. The molecule has 31 nitrogen and oxygen atoms in total. The Bertz CT molecular complexity index is 6680. The van der Waals surface area contributed by atoms with E-state index < -0.39 is 96.7 Å². The molecule has 0 spiro atoms. The molecule has 8 aromatic carbocycles. The topological polar surface area (TPSA) is 290 Å². The molecule has 8 aromatic rings. The second-order valence-electron chi connectivity index (χ2n) is 42.8. The van der Waals surface area contributed by atoms with Crippen LogP contribution in [0.4, 0.5) is 95.8 Å². The third kappa shape index (κ3) is 24.0. The van der Waals surface area contributed by atoms with Crippen molar-refractivity contribution in [1.29, 1.82) is 0 Å². The zero-order valence-corrected chi connectivity index (χ0v) is 90.1. The van der Waals surface area contributed by atoms with Crippen molar-refractivity contribution in [2.75, 3.05) is 72.2 Å². The summed E-state index contributed by atoms with van der Waals surface area (Å²) < 4.78 is 89.6. The molecule has 4 saturated heterocycles. The third-order valence-electron chi connectivity index (χ3n) is 26.0. The number of nitrogens with zero attached hydrogens (tertiary/aromatic N) is 12. The second kappa shape index (κ2) is 42.0. The molecule has 8 aliphatic rings. The second-order valence-corrected chi connectivity index (χ2v) is 44.3. The van der Waals surface area contributed by atoms with Crippen LogP contribution in [0.5, 0.6) is 23.0 Å². The SMILES string of the molecule is [C-]#[N+]c1ccc(N2C(=O)C(C)(C)N(c3ccc(OCC4(C(=O)OCC)CC4)c(F)c3)C2=S)cc1C.[C-]#[N+]c1ccc(N2C(=O)C(C)(C)N(c3ccc(OCC4(NC(=O)OC(C)(C)C)CC4)c(F)c3)C2=S)cc1C.[C-]#[N+]c1ccc(N2C(=O)C(C)(C)N(c3ccc(OCC4(NC(=O)OC(C)(C)C)CC4)c(F)c3)C2=S)cc1C.[C-]#[N+]c1ccc(N2C(=O)C(C)(C)N(c3ccc(OCC4(NC(=O)OC(C)(C)C)CC4)cc3)C2=S)cc1C. The van der Waals surface area contributed by atoms with Crippen molar-refractivity contribution in [1.82, 2.24) is 16.0 Å². The first-order chi connectivity index (χ1) is 69.2. The Morgan fingerprint density at radius 2 is 0.581 bits per heavy atom. The van der Waals surface area contributed by atoms with Gasteiger partial charge in [0.2, 0.25) is 0 Å². The smallest absolute Gasteiger partial charge is 0.408 e. The number of thiocarbonyl (C=S) groups is 4. The number of halogens is 3. The maximum Gasteiger partial charge on any atom is 0.408 e. The summed E-state index contributed by atoms with van der Waals surface area (Å²) in [4.78, 5) is 129. The lowest BCUT2D eigenvalue weighted by Crippen LogP contribution is -2.44. The minimum absolute atomic E-state index is 0.0146. The average Bonchev–Trinajstić information content (AvgIpc) is 1.59. The number of carbonyl (C=O) groups excluding carboxylic acids is 8. The van der Waals surface area contributed by atoms with E-state index in [4.69, 9.17) is 113 Å². The monoisotopic (exact) mass is 2090 g/mol. The van der Waals surface area contributed by atoms with Gasteiger partial charge in [0.15, 0.2) is 77.9 Å². The molecule has 4 aliphatic carbocycles. The van der Waals surface area contributed by atoms with Gasteiger partial charge >= 0.3 is 24.2 Å². The lowest BCUT2D eigenvalue weighted by molar-refractivity contribution is -0.151. The molecule has 0 radical (unpaired) electrons. The fraction of sp³-hybridized carbons (Fsp3) is 0.418. The van der Waals surface area contributed by atoms with Gasteiger partial charge in [0.25, 0.3) is 23.6 Å². The van der Waals surface area contributed by atoms with Crippen LogP contribution in [0.2, 0.25) is 0 Å². The van der Waals surface area contributed by atoms with Crippen molar-refractivity contribution in [3.63, 3.8) is 0 Å². The zero-order valence-electron chi connectivity index (χ0n) is 86.8. The predicted octanol–water partition coefficient (Wildman–Crippen LogP) is 23.3. The van der Waals surface area contributed by atoms with Gasteiger partial charge in [-0.25, -0.2) is 46.9 Å². The standard InChI is InChI=1S/2C28H31FN4O4S.C28H32N4O4S.C26H26FN3O4S/c2*1-17-14-18(8-10-21(17)30-7)32-23(34)27(5,6)33(25(32)38)19-9-11-22(20(29)15-19)36-16-28(12-13-28)31-24(35)37-26(2,3)4;1-18-16-20(10-13-22(18)29-7)31-23(33)27(5,6)32(25(31)37)19-8-11-21(12-9-19)35-17-28(14-15-28)30-24(34)36-26(2,3)4;1-6-33-23(32)26(11-12-26)15-34-21-10-8-18(14-19(21)27)30-24(35)29(22(31)25(30,3)4)17-7-9-20(28-5)16(2)13-17/h2*8-11,14-15H,12-13,16H2,1-6H3,(H,31,35);8-13,16H,14-15,17H2,1-6H3,(H,30,34);7-10,13-14H,6,11-12,15H2,1-4H3. The Morgan fingerprint density at radius 3 is 0.804 bits per heavy atom. The van der Waals surface area contributed by atoms with Crippen molar-refractivity contribution in [2.24, 2.45) is 5.41 Å². The first-order valence-corrected chi connectivity index (χ1v) is 49.7. The Kier molecular flexibility index (Phi) is 31.4. The summed E-state index contributed by atoms with van der Waals surface area (Å²) in [5, 5.41) is 9.59. The molecule has 776 valence electrons. The maximum atomic E-state index is 15.2. The third-order valence-corrected chi connectivity index (χ3v) is 27.4. The van der Waals surface area contributed by atoms with Crippen LogP contribution in [0.15, 0.2) is 152 Å². The van der Waals surface area contributed by atoms with Crippen LogP contribution in [0.25, 0.3) is 19.4 Å². The van der Waals surface area contributed by atoms with E-state index in [1.54, 1.807) is 210 Å². The van der Waals surface area contributed by atoms with E-state index in [2.05, 4.69) is 35.3 Å². The molecule has 0 unspecified atom stereocenters. The molecule has 3 N–H and O–H groups in total. The largest absolute Gasteiger partial charge is 0.491 e. The molecule has 0 aromatic heterocycles. The number of esters is 1. The van der Waals surface area contributed by atoms with E-state index in [1.165, 1.54) is 56.0 Å². The molecule has 38 heteroatoms. The fourth-order valence-electron chi connectivity index (χ4n) is 17.0. The van der Waals surface area contributed by atoms with Gasteiger partial charge in [-0.15, -0.1) is 0 Å². The van der Waals surface area contributed by atoms with E-state index in [-0.39, 0.29) is 88.6 Å². The van der Waals surface area contributed by atoms with Crippen LogP contribution in [-0.4, -0.2) is 157 Å². The van der Waals surface area contributed by atoms with Crippen LogP contribution in [0, 0.1) is 76.9 Å². The summed E-state index contributed by atoms with van der Waals surface area (Å²) in [6.45, 7) is 69.1. The van der Waals surface area contributed by atoms with E-state index in [1.807, 2.05) is 76.8 Å². The average molecular weight is 2090 g/mol. The molecular formula is C110H120F3N15O16S4. The number of rotatable bonds is 25. The van der Waals surface area contributed by atoms with E-state index >= 15 is 13.2 Å². The number of anilines is 8. The van der Waals surface area contributed by atoms with Crippen LogP contribution in [0.1, 0.15) is 198 Å². The Labute approximate surface area is 882 Å². The number of carbonyl (C=O) groups is 8. The van der Waals surface area contributed by atoms with Crippen LogP contribution in [-0.2, 0) is 42.9 Å². The highest BCUT2D eigenvalue weighted by atomic mass is 32.1. The number of benzene rings is 8. The van der Waals surface area contributed by atoms with Gasteiger partial charge in [0, 0.05) is 63.7 Å². The molecule has 16 rings (SSSR count). The molecule has 4 aliphatic heterocycles. The van der Waals surface area contributed by atoms with Crippen LogP contribution in [0.3, 0.4) is 0 Å². The molecule has 8 fully saturated rings. The Balaban J connectivity index is 0.000000165. The van der Waals surface area contributed by atoms with Crippen molar-refractivity contribution < 1.29 is 89.4 Å². The first kappa shape index (κ1) is 111. The van der Waals surface area contributed by atoms with E-state index in [0.717, 1.165) is 40.8 Å². The number of ether oxygens (including phenoxy) is 8. The Hall–Kier alpha value is -14.6. The predicted molar refractivity (Wildman–Crippen MR) is 576 cm³/mol. The molecule has 148 heavy (non-hydrogen) atoms. The summed E-state index contributed by atoms with van der Waals surface area (Å²) in [5.74, 6) is -2.37. The highest BCUT2D eigenvalue weighted by Crippen LogP contribution is 2.50. The molecule has 4 heterocycles. The molecule has 7 amide bonds. The summed E-state index contributed by atoms with van der Waals surface area (Å²) in [5.41, 5.74) is 1.07. The number of amides is 7. The quantitative estimate of drug-likeness (QED) is 0.0207. The summed E-state index contributed by atoms with van der Waals surface area (Å²) >= 11 is 22.8. The molecular weight excluding hydrogens is 1970 g/mol. The van der Waals surface area contributed by atoms with Crippen molar-refractivity contribution in [3.05, 3.63) is 237 Å². The molecule has 0 atom stereocenters. The molecule has 4 saturated carbocycles. The van der Waals surface area contributed by atoms with E-state index in [0.29, 0.717) is 119 Å². The van der Waals surface area contributed by atoms with Gasteiger partial charge < -0.3 is 73.4 Å². The van der Waals surface area contributed by atoms with Crippen molar-refractivity contribution in [3.8, 4) is 23.0 Å². The fourth-order valence-corrected chi connectivity index (χ4v) is 19.1. The number of alkyl carbamates (subject to hydrolysis) is 3. The van der Waals surface area contributed by atoms with Gasteiger partial charge in [-0.05, 0) is 384 Å². The zero-order chi connectivity index (χ0) is 109. The lowest BCUT2D eigenvalue weighted by atomic mass is 10.0. The van der Waals surface area contributed by atoms with Gasteiger partial charge in [0.1, 0.15) is 76.6 Å². The summed E-state index contributed by atoms with van der Waals surface area (Å²) in [7, 11) is 0. The normalized spacial score (nSPS) is 17.8. The minimum atomic E-state index is -1.08. The van der Waals surface area contributed by atoms with Crippen LogP contribution < -0.4 is 74.1 Å². The van der Waals surface area contributed by atoms with Crippen LogP contribution >= 0.6 is 48.9 Å².